The van der Waals surface area contributed by atoms with Gasteiger partial charge >= 0.3 is 0 Å². The predicted octanol–water partition coefficient (Wildman–Crippen LogP) is 1.21. The van der Waals surface area contributed by atoms with Crippen LogP contribution in [0.2, 0.25) is 0 Å². The Morgan fingerprint density at radius 3 is 2.50 bits per heavy atom. The van der Waals surface area contributed by atoms with Crippen molar-refractivity contribution in [3.05, 3.63) is 59.9 Å². The van der Waals surface area contributed by atoms with E-state index < -0.39 is 10.0 Å². The van der Waals surface area contributed by atoms with Gasteiger partial charge in [-0.15, -0.1) is 0 Å². The number of ether oxygens (including phenoxy) is 1. The van der Waals surface area contributed by atoms with Crippen molar-refractivity contribution >= 4 is 15.9 Å². The molecule has 0 spiro atoms. The van der Waals surface area contributed by atoms with E-state index >= 15 is 0 Å². The van der Waals surface area contributed by atoms with Crippen LogP contribution >= 0.6 is 0 Å². The highest BCUT2D eigenvalue weighted by Crippen LogP contribution is 2.11. The molecular weight excluding hydrogens is 354 g/mol. The summed E-state index contributed by atoms with van der Waals surface area (Å²) in [5.74, 6) is 0.568. The van der Waals surface area contributed by atoms with E-state index in [2.05, 4.69) is 10.3 Å². The Labute approximate surface area is 154 Å². The highest BCUT2D eigenvalue weighted by molar-refractivity contribution is 7.88. The van der Waals surface area contributed by atoms with Gasteiger partial charge in [0, 0.05) is 32.0 Å². The molecular formula is C18H23N3O4S. The third-order valence-electron chi connectivity index (χ3n) is 3.76. The van der Waals surface area contributed by atoms with E-state index in [-0.39, 0.29) is 32.0 Å². The smallest absolute Gasteiger partial charge is 0.224 e. The fourth-order valence-corrected chi connectivity index (χ4v) is 3.18. The molecule has 0 saturated carbocycles. The van der Waals surface area contributed by atoms with Crippen molar-refractivity contribution in [1.29, 1.82) is 0 Å². The first kappa shape index (κ1) is 19.9. The Balaban J connectivity index is 1.85. The summed E-state index contributed by atoms with van der Waals surface area (Å²) in [5, 5.41) is 2.76. The molecule has 0 bridgehead atoms. The fourth-order valence-electron chi connectivity index (χ4n) is 2.37. The molecule has 1 aromatic heterocycles. The zero-order valence-corrected chi connectivity index (χ0v) is 15.7. The van der Waals surface area contributed by atoms with Gasteiger partial charge in [-0.2, -0.15) is 4.31 Å². The van der Waals surface area contributed by atoms with E-state index in [0.717, 1.165) is 23.1 Å². The Kier molecular flexibility index (Phi) is 7.11. The molecule has 0 aliphatic heterocycles. The van der Waals surface area contributed by atoms with Gasteiger partial charge in [-0.3, -0.25) is 9.78 Å². The predicted molar refractivity (Wildman–Crippen MR) is 99.2 cm³/mol. The number of carbonyl (C=O) groups excluding carboxylic acids is 1. The number of rotatable bonds is 9. The van der Waals surface area contributed by atoms with Crippen LogP contribution in [0, 0.1) is 0 Å². The number of benzene rings is 1. The lowest BCUT2D eigenvalue weighted by molar-refractivity contribution is -0.120. The molecule has 1 N–H and O–H groups in total. The van der Waals surface area contributed by atoms with Crippen LogP contribution in [-0.4, -0.2) is 50.1 Å². The molecule has 1 aromatic carbocycles. The number of nitrogens with zero attached hydrogens (tertiary/aromatic N) is 2. The molecule has 0 aliphatic carbocycles. The van der Waals surface area contributed by atoms with E-state index in [1.807, 2.05) is 18.2 Å². The van der Waals surface area contributed by atoms with Crippen molar-refractivity contribution in [2.75, 3.05) is 26.5 Å². The third kappa shape index (κ3) is 6.45. The quantitative estimate of drug-likeness (QED) is 0.710. The third-order valence-corrected chi connectivity index (χ3v) is 5.01. The molecule has 2 aromatic rings. The van der Waals surface area contributed by atoms with E-state index in [1.54, 1.807) is 37.7 Å². The van der Waals surface area contributed by atoms with Gasteiger partial charge < -0.3 is 10.1 Å². The normalized spacial score (nSPS) is 11.3. The molecule has 0 radical (unpaired) electrons. The molecule has 0 unspecified atom stereocenters. The van der Waals surface area contributed by atoms with E-state index in [9.17, 15) is 13.2 Å². The molecule has 7 nitrogen and oxygen atoms in total. The average Bonchev–Trinajstić information content (AvgIpc) is 2.61. The Morgan fingerprint density at radius 1 is 1.19 bits per heavy atom. The number of aromatic nitrogens is 1. The van der Waals surface area contributed by atoms with Crippen LogP contribution in [0.15, 0.2) is 48.8 Å². The molecule has 1 heterocycles. The number of methoxy groups -OCH3 is 1. The van der Waals surface area contributed by atoms with E-state index in [1.165, 1.54) is 4.31 Å². The number of hydrogen-bond donors (Lipinski definition) is 1. The van der Waals surface area contributed by atoms with Crippen LogP contribution in [0.3, 0.4) is 0 Å². The minimum atomic E-state index is -3.39. The molecule has 140 valence electrons. The number of carbonyl (C=O) groups is 1. The number of amides is 1. The molecule has 2 rings (SSSR count). The first-order valence-electron chi connectivity index (χ1n) is 8.12. The van der Waals surface area contributed by atoms with Gasteiger partial charge in [0.1, 0.15) is 5.75 Å². The van der Waals surface area contributed by atoms with Crippen LogP contribution in [0.4, 0.5) is 0 Å². The number of nitrogens with one attached hydrogen (secondary N) is 1. The monoisotopic (exact) mass is 377 g/mol. The summed E-state index contributed by atoms with van der Waals surface area (Å²) < 4.78 is 30.3. The van der Waals surface area contributed by atoms with Crippen molar-refractivity contribution in [3.8, 4) is 5.75 Å². The van der Waals surface area contributed by atoms with Crippen LogP contribution < -0.4 is 10.1 Å². The standard InChI is InChI=1S/C18H23N3O4S/c1-25-17-7-5-15(6-8-17)12-18(22)20-10-11-21(26(2,23)24)14-16-4-3-9-19-13-16/h3-9,13H,10-12,14H2,1-2H3,(H,20,22). The Bertz CT molecular complexity index is 808. The summed E-state index contributed by atoms with van der Waals surface area (Å²) in [6, 6.07) is 10.8. The van der Waals surface area contributed by atoms with Gasteiger partial charge in [0.2, 0.25) is 15.9 Å². The summed E-state index contributed by atoms with van der Waals surface area (Å²) in [7, 11) is -1.80. The molecule has 0 saturated heterocycles. The highest BCUT2D eigenvalue weighted by Gasteiger charge is 2.17. The summed E-state index contributed by atoms with van der Waals surface area (Å²) in [6.45, 7) is 0.658. The van der Waals surface area contributed by atoms with Crippen LogP contribution in [0.1, 0.15) is 11.1 Å². The summed E-state index contributed by atoms with van der Waals surface area (Å²) in [5.41, 5.74) is 1.65. The fraction of sp³-hybridized carbons (Fsp3) is 0.333. The lowest BCUT2D eigenvalue weighted by Gasteiger charge is -2.20. The topological polar surface area (TPSA) is 88.6 Å². The van der Waals surface area contributed by atoms with Crippen molar-refractivity contribution in [1.82, 2.24) is 14.6 Å². The minimum absolute atomic E-state index is 0.162. The maximum atomic E-state index is 12.0. The molecule has 1 amide bonds. The molecule has 0 aliphatic rings. The average molecular weight is 377 g/mol. The first-order valence-corrected chi connectivity index (χ1v) is 9.97. The summed E-state index contributed by atoms with van der Waals surface area (Å²) in [6.07, 6.45) is 4.64. The van der Waals surface area contributed by atoms with Crippen molar-refractivity contribution < 1.29 is 17.9 Å². The zero-order valence-electron chi connectivity index (χ0n) is 14.9. The molecule has 8 heteroatoms. The van der Waals surface area contributed by atoms with Gasteiger partial charge in [-0.25, -0.2) is 8.42 Å². The van der Waals surface area contributed by atoms with Gasteiger partial charge in [-0.05, 0) is 29.3 Å². The zero-order chi connectivity index (χ0) is 19.0. The largest absolute Gasteiger partial charge is 0.497 e. The van der Waals surface area contributed by atoms with Crippen molar-refractivity contribution in [2.24, 2.45) is 0 Å². The van der Waals surface area contributed by atoms with Crippen LogP contribution in [0.25, 0.3) is 0 Å². The van der Waals surface area contributed by atoms with E-state index in [0.29, 0.717) is 0 Å². The van der Waals surface area contributed by atoms with Gasteiger partial charge in [0.15, 0.2) is 0 Å². The maximum absolute atomic E-state index is 12.0. The van der Waals surface area contributed by atoms with Gasteiger partial charge in [-0.1, -0.05) is 18.2 Å². The maximum Gasteiger partial charge on any atom is 0.224 e. The lowest BCUT2D eigenvalue weighted by Crippen LogP contribution is -2.38. The highest BCUT2D eigenvalue weighted by atomic mass is 32.2. The number of hydrogen-bond acceptors (Lipinski definition) is 5. The molecule has 0 atom stereocenters. The Hall–Kier alpha value is -2.45. The lowest BCUT2D eigenvalue weighted by atomic mass is 10.1. The number of pyridine rings is 1. The minimum Gasteiger partial charge on any atom is -0.497 e. The van der Waals surface area contributed by atoms with Crippen molar-refractivity contribution in [3.63, 3.8) is 0 Å². The Morgan fingerprint density at radius 2 is 1.92 bits per heavy atom. The van der Waals surface area contributed by atoms with Crippen molar-refractivity contribution in [2.45, 2.75) is 13.0 Å². The second kappa shape index (κ2) is 9.30. The number of sulfonamides is 1. The second-order valence-electron chi connectivity index (χ2n) is 5.83. The molecule has 0 fully saturated rings. The summed E-state index contributed by atoms with van der Waals surface area (Å²) >= 11 is 0. The second-order valence-corrected chi connectivity index (χ2v) is 7.82. The van der Waals surface area contributed by atoms with Gasteiger partial charge in [0.05, 0.1) is 19.8 Å². The van der Waals surface area contributed by atoms with Crippen LogP contribution in [0.5, 0.6) is 5.75 Å². The SMILES string of the molecule is COc1ccc(CC(=O)NCCN(Cc2cccnc2)S(C)(=O)=O)cc1. The first-order chi connectivity index (χ1) is 12.4. The summed E-state index contributed by atoms with van der Waals surface area (Å²) in [4.78, 5) is 16.0. The van der Waals surface area contributed by atoms with Gasteiger partial charge in [0.25, 0.3) is 0 Å². The van der Waals surface area contributed by atoms with Crippen LogP contribution in [-0.2, 0) is 27.8 Å². The molecule has 26 heavy (non-hydrogen) atoms. The van der Waals surface area contributed by atoms with E-state index in [4.69, 9.17) is 4.74 Å².